The molecule has 1 atom stereocenters. The van der Waals surface area contributed by atoms with Gasteiger partial charge in [-0.05, 0) is 38.1 Å². The topological polar surface area (TPSA) is 12.5 Å². The summed E-state index contributed by atoms with van der Waals surface area (Å²) in [6.45, 7) is 10.9. The second kappa shape index (κ2) is 8.19. The maximum Gasteiger partial charge on any atom is 0.123 e. The third-order valence-corrected chi connectivity index (χ3v) is 5.80. The van der Waals surface area contributed by atoms with Gasteiger partial charge in [-0.3, -0.25) is 0 Å². The van der Waals surface area contributed by atoms with Gasteiger partial charge in [0.1, 0.15) is 13.9 Å². The summed E-state index contributed by atoms with van der Waals surface area (Å²) in [7, 11) is -0.637. The van der Waals surface area contributed by atoms with Crippen LogP contribution in [0, 0.1) is 0 Å². The van der Waals surface area contributed by atoms with E-state index in [4.69, 9.17) is 4.52 Å². The fraction of sp³-hybridized carbons (Fsp3) is 0.368. The van der Waals surface area contributed by atoms with Gasteiger partial charge >= 0.3 is 0 Å². The van der Waals surface area contributed by atoms with Crippen molar-refractivity contribution in [2.24, 2.45) is 0 Å². The van der Waals surface area contributed by atoms with Crippen LogP contribution < -0.4 is 14.7 Å². The van der Waals surface area contributed by atoms with Crippen molar-refractivity contribution in [2.45, 2.75) is 33.4 Å². The summed E-state index contributed by atoms with van der Waals surface area (Å²) in [6.07, 6.45) is 0. The van der Waals surface area contributed by atoms with Crippen molar-refractivity contribution in [2.75, 3.05) is 18.0 Å². The second-order valence-corrected chi connectivity index (χ2v) is 7.90. The molecule has 0 bridgehead atoms. The average Bonchev–Trinajstić information content (AvgIpc) is 2.55. The Kier molecular flexibility index (Phi) is 6.27. The molecule has 0 N–H and O–H groups in total. The molecule has 0 aromatic heterocycles. The highest BCUT2D eigenvalue weighted by Gasteiger charge is 2.18. The lowest BCUT2D eigenvalue weighted by Crippen LogP contribution is -2.21. The maximum atomic E-state index is 6.31. The number of nitrogens with zero attached hydrogens (tertiary/aromatic N) is 1. The van der Waals surface area contributed by atoms with Crippen molar-refractivity contribution in [3.05, 3.63) is 54.6 Å². The lowest BCUT2D eigenvalue weighted by atomic mass is 10.2. The summed E-state index contributed by atoms with van der Waals surface area (Å²) >= 11 is 0. The molecule has 2 aromatic carbocycles. The Bertz CT molecular complexity index is 549. The van der Waals surface area contributed by atoms with Crippen molar-refractivity contribution < 1.29 is 4.52 Å². The van der Waals surface area contributed by atoms with E-state index in [2.05, 4.69) is 87.2 Å². The fourth-order valence-corrected chi connectivity index (χ4v) is 4.18. The Morgan fingerprint density at radius 1 is 0.909 bits per heavy atom. The highest BCUT2D eigenvalue weighted by molar-refractivity contribution is 7.61. The van der Waals surface area contributed by atoms with Gasteiger partial charge in [0.05, 0.1) is 0 Å². The lowest BCUT2D eigenvalue weighted by molar-refractivity contribution is 0.612. The highest BCUT2D eigenvalue weighted by Crippen LogP contribution is 2.42. The van der Waals surface area contributed by atoms with E-state index in [9.17, 15) is 0 Å². The van der Waals surface area contributed by atoms with Gasteiger partial charge in [-0.25, -0.2) is 0 Å². The lowest BCUT2D eigenvalue weighted by Gasteiger charge is -2.24. The summed E-state index contributed by atoms with van der Waals surface area (Å²) < 4.78 is 6.31. The zero-order chi connectivity index (χ0) is 15.9. The van der Waals surface area contributed by atoms with E-state index in [1.807, 2.05) is 0 Å². The quantitative estimate of drug-likeness (QED) is 0.664. The molecule has 2 aromatic rings. The Hall–Kier alpha value is -1.53. The number of anilines is 1. The zero-order valence-corrected chi connectivity index (χ0v) is 14.9. The van der Waals surface area contributed by atoms with Gasteiger partial charge in [-0.15, -0.1) is 0 Å². The van der Waals surface area contributed by atoms with Gasteiger partial charge in [0, 0.05) is 29.7 Å². The summed E-state index contributed by atoms with van der Waals surface area (Å²) in [6, 6.07) is 19.0. The summed E-state index contributed by atoms with van der Waals surface area (Å²) in [5, 5.41) is 1.29. The molecule has 0 aliphatic heterocycles. The van der Waals surface area contributed by atoms with E-state index < -0.39 is 8.15 Å². The van der Waals surface area contributed by atoms with E-state index >= 15 is 0 Å². The van der Waals surface area contributed by atoms with Crippen LogP contribution in [0.25, 0.3) is 0 Å². The molecule has 3 heteroatoms. The molecule has 0 radical (unpaired) electrons. The van der Waals surface area contributed by atoms with Gasteiger partial charge in [-0.1, -0.05) is 44.2 Å². The molecule has 2 rings (SSSR count). The molecule has 118 valence electrons. The van der Waals surface area contributed by atoms with Crippen molar-refractivity contribution in [3.8, 4) is 5.75 Å². The number of hydrogen-bond acceptors (Lipinski definition) is 2. The first-order chi connectivity index (χ1) is 10.7. The molecular weight excluding hydrogens is 289 g/mol. The predicted molar refractivity (Wildman–Crippen MR) is 98.8 cm³/mol. The summed E-state index contributed by atoms with van der Waals surface area (Å²) in [5.41, 5.74) is 1.74. The largest absolute Gasteiger partial charge is 0.469 e. The zero-order valence-electron chi connectivity index (χ0n) is 14.0. The van der Waals surface area contributed by atoms with E-state index in [-0.39, 0.29) is 0 Å². The first-order valence-electron chi connectivity index (χ1n) is 8.03. The first kappa shape index (κ1) is 16.8. The maximum absolute atomic E-state index is 6.31. The molecular formula is C19H26NOP. The third kappa shape index (κ3) is 4.24. The molecule has 0 heterocycles. The van der Waals surface area contributed by atoms with Crippen LogP contribution in [0.15, 0.2) is 54.6 Å². The molecule has 0 fully saturated rings. The van der Waals surface area contributed by atoms with Gasteiger partial charge < -0.3 is 9.42 Å². The Morgan fingerprint density at radius 3 is 2.00 bits per heavy atom. The second-order valence-electron chi connectivity index (χ2n) is 5.51. The van der Waals surface area contributed by atoms with E-state index in [1.54, 1.807) is 0 Å². The highest BCUT2D eigenvalue weighted by atomic mass is 31.1. The van der Waals surface area contributed by atoms with Gasteiger partial charge in [0.2, 0.25) is 0 Å². The minimum absolute atomic E-state index is 0.486. The molecule has 1 unspecified atom stereocenters. The van der Waals surface area contributed by atoms with E-state index in [1.165, 1.54) is 11.0 Å². The van der Waals surface area contributed by atoms with E-state index in [0.717, 1.165) is 18.8 Å². The fourth-order valence-electron chi connectivity index (χ4n) is 2.45. The number of benzene rings is 2. The SMILES string of the molecule is CCN(CC)c1ccc(OP(c2ccccc2)C(C)C)cc1. The van der Waals surface area contributed by atoms with Gasteiger partial charge in [0.15, 0.2) is 0 Å². The first-order valence-corrected chi connectivity index (χ1v) is 9.35. The van der Waals surface area contributed by atoms with Crippen LogP contribution in [0.5, 0.6) is 5.75 Å². The van der Waals surface area contributed by atoms with Crippen LogP contribution in [0.1, 0.15) is 27.7 Å². The number of rotatable bonds is 7. The van der Waals surface area contributed by atoms with Crippen LogP contribution in [0.3, 0.4) is 0 Å². The Balaban J connectivity index is 2.14. The monoisotopic (exact) mass is 315 g/mol. The molecule has 2 nitrogen and oxygen atoms in total. The smallest absolute Gasteiger partial charge is 0.123 e. The van der Waals surface area contributed by atoms with Crippen LogP contribution >= 0.6 is 8.15 Å². The van der Waals surface area contributed by atoms with Gasteiger partial charge in [-0.2, -0.15) is 0 Å². The van der Waals surface area contributed by atoms with Crippen molar-refractivity contribution in [3.63, 3.8) is 0 Å². The molecule has 0 aliphatic rings. The van der Waals surface area contributed by atoms with Crippen molar-refractivity contribution in [1.29, 1.82) is 0 Å². The normalized spacial score (nSPS) is 12.2. The Labute approximate surface area is 136 Å². The molecule has 0 amide bonds. The minimum Gasteiger partial charge on any atom is -0.469 e. The minimum atomic E-state index is -0.637. The number of hydrogen-bond donors (Lipinski definition) is 0. The standard InChI is InChI=1S/C19H26NOP/c1-5-20(6-2)17-12-14-18(15-13-17)21-22(16(3)4)19-10-8-7-9-11-19/h7-16H,5-6H2,1-4H3. The van der Waals surface area contributed by atoms with Crippen molar-refractivity contribution in [1.82, 2.24) is 0 Å². The van der Waals surface area contributed by atoms with Crippen LogP contribution in [-0.4, -0.2) is 18.7 Å². The molecule has 0 aliphatic carbocycles. The Morgan fingerprint density at radius 2 is 1.50 bits per heavy atom. The molecule has 22 heavy (non-hydrogen) atoms. The molecule has 0 saturated carbocycles. The van der Waals surface area contributed by atoms with Crippen LogP contribution in [0.2, 0.25) is 0 Å². The van der Waals surface area contributed by atoms with Crippen molar-refractivity contribution >= 4 is 19.1 Å². The van der Waals surface area contributed by atoms with E-state index in [0.29, 0.717) is 5.66 Å². The third-order valence-electron chi connectivity index (χ3n) is 3.65. The molecule has 0 spiro atoms. The predicted octanol–water partition coefficient (Wildman–Crippen LogP) is 5.04. The average molecular weight is 315 g/mol. The van der Waals surface area contributed by atoms with Crippen LogP contribution in [0.4, 0.5) is 5.69 Å². The van der Waals surface area contributed by atoms with Crippen LogP contribution in [-0.2, 0) is 0 Å². The van der Waals surface area contributed by atoms with Gasteiger partial charge in [0.25, 0.3) is 0 Å². The molecule has 0 saturated heterocycles. The summed E-state index contributed by atoms with van der Waals surface area (Å²) in [4.78, 5) is 2.34. The summed E-state index contributed by atoms with van der Waals surface area (Å²) in [5.74, 6) is 0.958.